The van der Waals surface area contributed by atoms with Crippen molar-refractivity contribution in [2.45, 2.75) is 33.5 Å². The van der Waals surface area contributed by atoms with Crippen molar-refractivity contribution < 1.29 is 13.9 Å². The van der Waals surface area contributed by atoms with Crippen LogP contribution in [0.3, 0.4) is 0 Å². The molecule has 1 saturated heterocycles. The van der Waals surface area contributed by atoms with E-state index in [1.54, 1.807) is 6.26 Å². The molecule has 1 aromatic carbocycles. The summed E-state index contributed by atoms with van der Waals surface area (Å²) < 4.78 is 10.4. The number of carbonyl (C=O) groups is 1. The second kappa shape index (κ2) is 11.0. The summed E-state index contributed by atoms with van der Waals surface area (Å²) in [5, 5.41) is 3.38. The Labute approximate surface area is 185 Å². The number of nitrogens with one attached hydrogen (secondary N) is 1. The third kappa shape index (κ3) is 6.10. The van der Waals surface area contributed by atoms with E-state index in [0.717, 1.165) is 37.9 Å². The Morgan fingerprint density at radius 1 is 1.23 bits per heavy atom. The molecule has 2 heterocycles. The summed E-state index contributed by atoms with van der Waals surface area (Å²) in [6, 6.07) is 12.3. The maximum atomic E-state index is 12.1. The molecule has 1 aliphatic rings. The Balaban J connectivity index is 1.69. The van der Waals surface area contributed by atoms with E-state index in [-0.39, 0.29) is 17.8 Å². The van der Waals surface area contributed by atoms with E-state index in [1.165, 1.54) is 18.2 Å². The first-order valence-electron chi connectivity index (χ1n) is 10.9. The summed E-state index contributed by atoms with van der Waals surface area (Å²) in [5.74, 6) is 1.78. The number of nitrogens with zero attached hydrogens (tertiary/aromatic N) is 3. The van der Waals surface area contributed by atoms with Gasteiger partial charge in [0.1, 0.15) is 5.76 Å². The van der Waals surface area contributed by atoms with Crippen LogP contribution >= 0.6 is 0 Å². The molecule has 1 N–H and O–H groups in total. The Hall–Kier alpha value is -2.80. The summed E-state index contributed by atoms with van der Waals surface area (Å²) in [5.41, 5.74) is 2.44. The number of benzene rings is 1. The van der Waals surface area contributed by atoms with Gasteiger partial charge in [0, 0.05) is 26.2 Å². The van der Waals surface area contributed by atoms with Gasteiger partial charge in [0.2, 0.25) is 0 Å². The van der Waals surface area contributed by atoms with Crippen molar-refractivity contribution in [2.75, 3.05) is 33.8 Å². The molecule has 0 amide bonds. The van der Waals surface area contributed by atoms with Crippen molar-refractivity contribution in [2.24, 2.45) is 16.8 Å². The third-order valence-electron chi connectivity index (χ3n) is 5.71. The molecule has 2 unspecified atom stereocenters. The summed E-state index contributed by atoms with van der Waals surface area (Å²) >= 11 is 0. The first-order chi connectivity index (χ1) is 15.0. The van der Waals surface area contributed by atoms with Gasteiger partial charge in [0.05, 0.1) is 32.4 Å². The van der Waals surface area contributed by atoms with Crippen LogP contribution in [-0.4, -0.2) is 55.5 Å². The molecule has 0 radical (unpaired) electrons. The average Bonchev–Trinajstić information content (AvgIpc) is 3.41. The van der Waals surface area contributed by atoms with Crippen LogP contribution in [0, 0.1) is 11.8 Å². The van der Waals surface area contributed by atoms with Crippen LogP contribution in [0.25, 0.3) is 0 Å². The van der Waals surface area contributed by atoms with Crippen molar-refractivity contribution in [1.82, 2.24) is 15.1 Å². The Bertz CT molecular complexity index is 865. The molecule has 2 aromatic rings. The van der Waals surface area contributed by atoms with Gasteiger partial charge in [0.25, 0.3) is 0 Å². The predicted molar refractivity (Wildman–Crippen MR) is 121 cm³/mol. The quantitative estimate of drug-likeness (QED) is 0.397. The number of esters is 1. The minimum atomic E-state index is -0.143. The lowest BCUT2D eigenvalue weighted by atomic mass is 9.99. The molecular formula is C24H34N4O3. The van der Waals surface area contributed by atoms with Gasteiger partial charge in [0.15, 0.2) is 5.96 Å². The number of ether oxygens (including phenoxy) is 1. The van der Waals surface area contributed by atoms with Crippen LogP contribution in [-0.2, 0) is 29.2 Å². The number of hydrogen-bond donors (Lipinski definition) is 1. The molecule has 0 bridgehead atoms. The van der Waals surface area contributed by atoms with Crippen LogP contribution in [0.1, 0.15) is 30.7 Å². The highest BCUT2D eigenvalue weighted by molar-refractivity contribution is 5.82. The van der Waals surface area contributed by atoms with Crippen LogP contribution in [0.4, 0.5) is 0 Å². The van der Waals surface area contributed by atoms with Crippen molar-refractivity contribution in [3.8, 4) is 0 Å². The highest BCUT2D eigenvalue weighted by atomic mass is 16.5. The summed E-state index contributed by atoms with van der Waals surface area (Å²) in [4.78, 5) is 21.4. The van der Waals surface area contributed by atoms with Crippen LogP contribution in [0.2, 0.25) is 0 Å². The van der Waals surface area contributed by atoms with E-state index >= 15 is 0 Å². The van der Waals surface area contributed by atoms with E-state index in [4.69, 9.17) is 14.1 Å². The van der Waals surface area contributed by atoms with Gasteiger partial charge in [-0.1, -0.05) is 31.2 Å². The van der Waals surface area contributed by atoms with Crippen molar-refractivity contribution in [1.29, 1.82) is 0 Å². The molecule has 31 heavy (non-hydrogen) atoms. The van der Waals surface area contributed by atoms with E-state index in [0.29, 0.717) is 13.1 Å². The topological polar surface area (TPSA) is 70.3 Å². The number of carbonyl (C=O) groups excluding carboxylic acids is 1. The molecule has 7 nitrogen and oxygen atoms in total. The smallest absolute Gasteiger partial charge is 0.310 e. The van der Waals surface area contributed by atoms with Gasteiger partial charge in [-0.05, 0) is 43.1 Å². The van der Waals surface area contributed by atoms with Gasteiger partial charge >= 0.3 is 5.97 Å². The molecule has 3 rings (SSSR count). The van der Waals surface area contributed by atoms with Crippen molar-refractivity contribution in [3.63, 3.8) is 0 Å². The molecule has 168 valence electrons. The second-order valence-corrected chi connectivity index (χ2v) is 8.20. The largest absolute Gasteiger partial charge is 0.469 e. The number of methoxy groups -OCH3 is 1. The highest BCUT2D eigenvalue weighted by Crippen LogP contribution is 2.24. The lowest BCUT2D eigenvalue weighted by molar-refractivity contribution is -0.145. The summed E-state index contributed by atoms with van der Waals surface area (Å²) in [6.45, 7) is 8.51. The van der Waals surface area contributed by atoms with E-state index in [1.807, 2.05) is 12.1 Å². The fraction of sp³-hybridized carbons (Fsp3) is 0.500. The minimum absolute atomic E-state index is 0.114. The maximum Gasteiger partial charge on any atom is 0.310 e. The highest BCUT2D eigenvalue weighted by Gasteiger charge is 2.36. The zero-order chi connectivity index (χ0) is 22.2. The first-order valence-corrected chi connectivity index (χ1v) is 10.9. The van der Waals surface area contributed by atoms with Gasteiger partial charge < -0.3 is 19.4 Å². The molecule has 0 spiro atoms. The monoisotopic (exact) mass is 426 g/mol. The third-order valence-corrected chi connectivity index (χ3v) is 5.71. The Kier molecular flexibility index (Phi) is 8.12. The molecule has 1 aromatic heterocycles. The molecule has 0 saturated carbocycles. The summed E-state index contributed by atoms with van der Waals surface area (Å²) in [6.07, 6.45) is 1.71. The fourth-order valence-electron chi connectivity index (χ4n) is 4.07. The van der Waals surface area contributed by atoms with Crippen molar-refractivity contribution in [3.05, 3.63) is 59.5 Å². The molecule has 2 atom stereocenters. The normalized spacial score (nSPS) is 19.1. The standard InChI is InChI=1S/C24H34N4O3/c1-5-25-24(28-14-18(2)22(17-28)23(29)30-4)26-13-19-9-6-7-10-20(19)15-27(3)16-21-11-8-12-31-21/h6-12,18,22H,5,13-17H2,1-4H3,(H,25,26). The number of hydrogen-bond acceptors (Lipinski definition) is 5. The van der Waals surface area contributed by atoms with Crippen molar-refractivity contribution >= 4 is 11.9 Å². The lowest BCUT2D eigenvalue weighted by Crippen LogP contribution is -2.40. The van der Waals surface area contributed by atoms with Crippen LogP contribution in [0.15, 0.2) is 52.1 Å². The molecular weight excluding hydrogens is 392 g/mol. The molecule has 0 aliphatic carbocycles. The van der Waals surface area contributed by atoms with E-state index < -0.39 is 0 Å². The first kappa shape index (κ1) is 22.9. The molecule has 7 heteroatoms. The minimum Gasteiger partial charge on any atom is -0.469 e. The molecule has 1 aliphatic heterocycles. The zero-order valence-electron chi connectivity index (χ0n) is 19.0. The van der Waals surface area contributed by atoms with Gasteiger partial charge in [-0.15, -0.1) is 0 Å². The van der Waals surface area contributed by atoms with Gasteiger partial charge in [-0.2, -0.15) is 0 Å². The number of aliphatic imine (C=N–C) groups is 1. The summed E-state index contributed by atoms with van der Waals surface area (Å²) in [7, 11) is 3.54. The Morgan fingerprint density at radius 2 is 2.00 bits per heavy atom. The zero-order valence-corrected chi connectivity index (χ0v) is 19.0. The number of rotatable bonds is 8. The maximum absolute atomic E-state index is 12.1. The number of furan rings is 1. The SMILES string of the molecule is CCNC(=NCc1ccccc1CN(C)Cc1ccco1)N1CC(C)C(C(=O)OC)C1. The average molecular weight is 427 g/mol. The Morgan fingerprint density at radius 3 is 2.68 bits per heavy atom. The second-order valence-electron chi connectivity index (χ2n) is 8.20. The number of guanidine groups is 1. The van der Waals surface area contributed by atoms with Gasteiger partial charge in [-0.3, -0.25) is 9.69 Å². The molecule has 1 fully saturated rings. The predicted octanol–water partition coefficient (Wildman–Crippen LogP) is 3.12. The van der Waals surface area contributed by atoms with E-state index in [2.05, 4.69) is 60.3 Å². The lowest BCUT2D eigenvalue weighted by Gasteiger charge is -2.22. The van der Waals surface area contributed by atoms with E-state index in [9.17, 15) is 4.79 Å². The number of likely N-dealkylation sites (tertiary alicyclic amines) is 1. The fourth-order valence-corrected chi connectivity index (χ4v) is 4.07. The van der Waals surface area contributed by atoms with Crippen LogP contribution in [0.5, 0.6) is 0 Å². The van der Waals surface area contributed by atoms with Crippen LogP contribution < -0.4 is 5.32 Å². The van der Waals surface area contributed by atoms with Gasteiger partial charge in [-0.25, -0.2) is 4.99 Å².